The largest absolute Gasteiger partial charge is 0.469 e. The minimum Gasteiger partial charge on any atom is -0.469 e. The molecule has 124 valence electrons. The monoisotopic (exact) mass is 314 g/mol. The second-order valence-electron chi connectivity index (χ2n) is 7.15. The number of benzene rings is 1. The van der Waals surface area contributed by atoms with E-state index in [0.717, 1.165) is 38.2 Å². The van der Waals surface area contributed by atoms with Crippen LogP contribution in [0.3, 0.4) is 0 Å². The van der Waals surface area contributed by atoms with Gasteiger partial charge in [0, 0.05) is 25.2 Å². The number of furan rings is 1. The summed E-state index contributed by atoms with van der Waals surface area (Å²) >= 11 is 0. The van der Waals surface area contributed by atoms with Crippen molar-refractivity contribution < 1.29 is 14.5 Å². The zero-order chi connectivity index (χ0) is 16.1. The summed E-state index contributed by atoms with van der Waals surface area (Å²) in [5, 5.41) is 2.50. The molecular weight excluding hydrogens is 286 g/mol. The molecule has 3 nitrogen and oxygen atoms in total. The molecule has 1 fully saturated rings. The van der Waals surface area contributed by atoms with Crippen molar-refractivity contribution in [2.45, 2.75) is 50.7 Å². The molecule has 1 aromatic carbocycles. The van der Waals surface area contributed by atoms with Crippen LogP contribution in [0.15, 0.2) is 53.1 Å². The van der Waals surface area contributed by atoms with E-state index in [2.05, 4.69) is 55.6 Å². The first-order valence-corrected chi connectivity index (χ1v) is 8.70. The molecule has 2 aromatic rings. The second kappa shape index (κ2) is 7.33. The van der Waals surface area contributed by atoms with E-state index in [1.165, 1.54) is 5.56 Å². The molecule has 0 bridgehead atoms. The van der Waals surface area contributed by atoms with Crippen LogP contribution in [0.4, 0.5) is 0 Å². The molecule has 2 heterocycles. The van der Waals surface area contributed by atoms with Gasteiger partial charge in [0.25, 0.3) is 0 Å². The molecule has 1 saturated heterocycles. The topological polar surface area (TPSA) is 39.0 Å². The van der Waals surface area contributed by atoms with Crippen molar-refractivity contribution in [1.29, 1.82) is 0 Å². The molecule has 1 aliphatic heterocycles. The van der Waals surface area contributed by atoms with Crippen molar-refractivity contribution >= 4 is 0 Å². The van der Waals surface area contributed by atoms with Crippen LogP contribution in [0.1, 0.15) is 50.4 Å². The normalized spacial score (nSPS) is 21.9. The number of hydrogen-bond acceptors (Lipinski definition) is 2. The lowest BCUT2D eigenvalue weighted by atomic mass is 9.91. The zero-order valence-corrected chi connectivity index (χ0v) is 14.2. The maximum Gasteiger partial charge on any atom is 0.111 e. The van der Waals surface area contributed by atoms with E-state index >= 15 is 0 Å². The molecule has 1 aromatic heterocycles. The summed E-state index contributed by atoms with van der Waals surface area (Å²) in [6, 6.07) is 15.4. The quantitative estimate of drug-likeness (QED) is 0.888. The fourth-order valence-electron chi connectivity index (χ4n) is 3.63. The van der Waals surface area contributed by atoms with Crippen molar-refractivity contribution in [1.82, 2.24) is 0 Å². The lowest BCUT2D eigenvalue weighted by Gasteiger charge is -2.34. The van der Waals surface area contributed by atoms with Crippen LogP contribution in [-0.2, 0) is 4.74 Å². The van der Waals surface area contributed by atoms with Gasteiger partial charge in [0.05, 0.1) is 31.1 Å². The van der Waals surface area contributed by atoms with Crippen molar-refractivity contribution in [3.63, 3.8) is 0 Å². The lowest BCUT2D eigenvalue weighted by molar-refractivity contribution is -0.695. The van der Waals surface area contributed by atoms with Gasteiger partial charge in [-0.2, -0.15) is 0 Å². The third-order valence-corrected chi connectivity index (χ3v) is 4.78. The van der Waals surface area contributed by atoms with Crippen LogP contribution in [0.2, 0.25) is 0 Å². The van der Waals surface area contributed by atoms with Crippen LogP contribution in [0.25, 0.3) is 0 Å². The number of nitrogens with two attached hydrogens (primary N) is 1. The Bertz CT molecular complexity index is 577. The summed E-state index contributed by atoms with van der Waals surface area (Å²) in [5.41, 5.74) is 1.36. The summed E-state index contributed by atoms with van der Waals surface area (Å²) in [6.07, 6.45) is 5.15. The van der Waals surface area contributed by atoms with E-state index in [1.807, 2.05) is 6.07 Å². The summed E-state index contributed by atoms with van der Waals surface area (Å²) < 4.78 is 11.5. The van der Waals surface area contributed by atoms with E-state index in [1.54, 1.807) is 6.26 Å². The Morgan fingerprint density at radius 3 is 2.70 bits per heavy atom. The fraction of sp³-hybridized carbons (Fsp3) is 0.500. The Labute approximate surface area is 139 Å². The van der Waals surface area contributed by atoms with E-state index < -0.39 is 0 Å². The van der Waals surface area contributed by atoms with Gasteiger partial charge in [-0.1, -0.05) is 30.3 Å². The Hall–Kier alpha value is -1.58. The molecule has 3 rings (SSSR count). The zero-order valence-electron chi connectivity index (χ0n) is 14.2. The smallest absolute Gasteiger partial charge is 0.111 e. The van der Waals surface area contributed by atoms with Gasteiger partial charge in [0.2, 0.25) is 0 Å². The minimum absolute atomic E-state index is 0.0270. The Morgan fingerprint density at radius 2 is 2.00 bits per heavy atom. The first-order chi connectivity index (χ1) is 11.1. The van der Waals surface area contributed by atoms with Gasteiger partial charge >= 0.3 is 0 Å². The van der Waals surface area contributed by atoms with Gasteiger partial charge in [-0.25, -0.2) is 0 Å². The standard InChI is InChI=1S/C20H27NO2/c1-20(2)15-17(11-14-23-20)21-12-10-18(19-9-6-13-22-19)16-7-4-3-5-8-16/h3-9,13,17-18,21H,10-12,14-15H2,1-2H3/p+1/t17-,18+/m0/s1. The molecule has 1 aliphatic rings. The second-order valence-corrected chi connectivity index (χ2v) is 7.15. The Balaban J connectivity index is 1.59. The number of ether oxygens (including phenoxy) is 1. The third kappa shape index (κ3) is 4.46. The van der Waals surface area contributed by atoms with Crippen molar-refractivity contribution in [3.05, 3.63) is 60.1 Å². The third-order valence-electron chi connectivity index (χ3n) is 4.78. The molecule has 3 heteroatoms. The average Bonchev–Trinajstić information content (AvgIpc) is 3.05. The van der Waals surface area contributed by atoms with E-state index in [-0.39, 0.29) is 5.60 Å². The van der Waals surface area contributed by atoms with Crippen LogP contribution in [0, 0.1) is 0 Å². The lowest BCUT2D eigenvalue weighted by Crippen LogP contribution is -2.91. The molecule has 0 unspecified atom stereocenters. The van der Waals surface area contributed by atoms with Crippen molar-refractivity contribution in [2.24, 2.45) is 0 Å². The van der Waals surface area contributed by atoms with Crippen LogP contribution < -0.4 is 5.32 Å². The Kier molecular flexibility index (Phi) is 5.19. The highest BCUT2D eigenvalue weighted by atomic mass is 16.5. The van der Waals surface area contributed by atoms with Crippen LogP contribution in [-0.4, -0.2) is 24.8 Å². The molecular formula is C20H28NO2+. The predicted octanol–water partition coefficient (Wildman–Crippen LogP) is 3.32. The van der Waals surface area contributed by atoms with Crippen molar-refractivity contribution in [2.75, 3.05) is 13.2 Å². The average molecular weight is 314 g/mol. The van der Waals surface area contributed by atoms with Gasteiger partial charge in [-0.05, 0) is 31.5 Å². The minimum atomic E-state index is 0.0270. The molecule has 2 atom stereocenters. The van der Waals surface area contributed by atoms with Gasteiger partial charge in [0.15, 0.2) is 0 Å². The molecule has 0 radical (unpaired) electrons. The first-order valence-electron chi connectivity index (χ1n) is 8.70. The van der Waals surface area contributed by atoms with Gasteiger partial charge in [-0.15, -0.1) is 0 Å². The van der Waals surface area contributed by atoms with Gasteiger partial charge in [-0.3, -0.25) is 0 Å². The highest BCUT2D eigenvalue weighted by molar-refractivity contribution is 5.26. The molecule has 2 N–H and O–H groups in total. The first kappa shape index (κ1) is 16.3. The van der Waals surface area contributed by atoms with Crippen LogP contribution in [0.5, 0.6) is 0 Å². The maximum atomic E-state index is 5.82. The van der Waals surface area contributed by atoms with Gasteiger partial charge < -0.3 is 14.5 Å². The summed E-state index contributed by atoms with van der Waals surface area (Å²) in [4.78, 5) is 0. The number of rotatable bonds is 6. The fourth-order valence-corrected chi connectivity index (χ4v) is 3.63. The molecule has 0 spiro atoms. The van der Waals surface area contributed by atoms with Gasteiger partial charge in [0.1, 0.15) is 5.76 Å². The highest BCUT2D eigenvalue weighted by Gasteiger charge is 2.31. The molecule has 0 amide bonds. The summed E-state index contributed by atoms with van der Waals surface area (Å²) in [6.45, 7) is 6.39. The molecule has 0 aliphatic carbocycles. The Morgan fingerprint density at radius 1 is 1.17 bits per heavy atom. The summed E-state index contributed by atoms with van der Waals surface area (Å²) in [5.74, 6) is 1.41. The van der Waals surface area contributed by atoms with Crippen molar-refractivity contribution in [3.8, 4) is 0 Å². The van der Waals surface area contributed by atoms with Crippen LogP contribution >= 0.6 is 0 Å². The molecule has 0 saturated carbocycles. The van der Waals surface area contributed by atoms with E-state index in [9.17, 15) is 0 Å². The molecule has 23 heavy (non-hydrogen) atoms. The number of quaternary nitrogens is 1. The highest BCUT2D eigenvalue weighted by Crippen LogP contribution is 2.27. The van der Waals surface area contributed by atoms with E-state index in [4.69, 9.17) is 9.15 Å². The predicted molar refractivity (Wildman–Crippen MR) is 91.5 cm³/mol. The SMILES string of the molecule is CC1(C)C[C@@H]([NH2+]CC[C@H](c2ccccc2)c2ccco2)CCO1. The van der Waals surface area contributed by atoms with E-state index in [0.29, 0.717) is 12.0 Å². The number of hydrogen-bond donors (Lipinski definition) is 1. The summed E-state index contributed by atoms with van der Waals surface area (Å²) in [7, 11) is 0. The maximum absolute atomic E-state index is 5.82.